The van der Waals surface area contributed by atoms with Crippen molar-refractivity contribution in [3.8, 4) is 5.75 Å². The third kappa shape index (κ3) is 3.75. The minimum absolute atomic E-state index is 0.0333. The number of aliphatic hydroxyl groups is 1. The lowest BCUT2D eigenvalue weighted by molar-refractivity contribution is -0.275. The zero-order valence-electron chi connectivity index (χ0n) is 13.2. The van der Waals surface area contributed by atoms with Gasteiger partial charge < -0.3 is 9.84 Å². The number of fused-ring (bicyclic) bond motifs is 1. The second kappa shape index (κ2) is 6.99. The highest BCUT2D eigenvalue weighted by molar-refractivity contribution is 6.34. The molecule has 0 aromatic heterocycles. The summed E-state index contributed by atoms with van der Waals surface area (Å²) >= 11 is 11.6. The van der Waals surface area contributed by atoms with Crippen LogP contribution in [-0.4, -0.2) is 17.9 Å². The molecule has 0 radical (unpaired) electrons. The smallest absolute Gasteiger partial charge is 0.424 e. The fourth-order valence-electron chi connectivity index (χ4n) is 2.58. The molecule has 0 heterocycles. The van der Waals surface area contributed by atoms with Crippen molar-refractivity contribution in [2.24, 2.45) is 0 Å². The monoisotopic (exact) mass is 400 g/mol. The van der Waals surface area contributed by atoms with Gasteiger partial charge in [-0.3, -0.25) is 0 Å². The first-order valence-electron chi connectivity index (χ1n) is 7.56. The summed E-state index contributed by atoms with van der Waals surface area (Å²) in [6.45, 7) is -1.04. The van der Waals surface area contributed by atoms with E-state index in [4.69, 9.17) is 27.9 Å². The molecule has 0 fully saturated rings. The molecule has 0 saturated carbocycles. The molecule has 7 heteroatoms. The van der Waals surface area contributed by atoms with Crippen molar-refractivity contribution in [3.05, 3.63) is 76.3 Å². The molecule has 3 aromatic carbocycles. The van der Waals surface area contributed by atoms with E-state index in [0.717, 1.165) is 5.39 Å². The highest BCUT2D eigenvalue weighted by Gasteiger charge is 2.56. The van der Waals surface area contributed by atoms with E-state index in [1.807, 2.05) is 0 Å². The van der Waals surface area contributed by atoms with Crippen LogP contribution in [-0.2, 0) is 5.60 Å². The first kappa shape index (κ1) is 18.8. The Morgan fingerprint density at radius 2 is 1.46 bits per heavy atom. The molecule has 26 heavy (non-hydrogen) atoms. The molecule has 3 aromatic rings. The fourth-order valence-corrected chi connectivity index (χ4v) is 3.08. The minimum Gasteiger partial charge on any atom is -0.490 e. The number of benzene rings is 3. The van der Waals surface area contributed by atoms with Gasteiger partial charge in [0.25, 0.3) is 0 Å². The second-order valence-electron chi connectivity index (χ2n) is 5.81. The molecule has 1 N–H and O–H groups in total. The van der Waals surface area contributed by atoms with E-state index in [-0.39, 0.29) is 21.4 Å². The van der Waals surface area contributed by atoms with Crippen LogP contribution < -0.4 is 4.74 Å². The maximum atomic E-state index is 13.7. The van der Waals surface area contributed by atoms with Crippen molar-refractivity contribution in [3.63, 3.8) is 0 Å². The van der Waals surface area contributed by atoms with Crippen LogP contribution in [0.3, 0.4) is 0 Å². The van der Waals surface area contributed by atoms with Gasteiger partial charge in [0.15, 0.2) is 0 Å². The second-order valence-corrected chi connectivity index (χ2v) is 6.69. The molecule has 0 spiro atoms. The average molecular weight is 401 g/mol. The molecule has 136 valence electrons. The molecule has 0 aliphatic carbocycles. The summed E-state index contributed by atoms with van der Waals surface area (Å²) in [7, 11) is 0. The van der Waals surface area contributed by atoms with Crippen LogP contribution in [0.5, 0.6) is 5.75 Å². The third-order valence-electron chi connectivity index (χ3n) is 3.98. The van der Waals surface area contributed by atoms with Crippen LogP contribution in [0.25, 0.3) is 10.8 Å². The van der Waals surface area contributed by atoms with E-state index in [1.165, 1.54) is 36.4 Å². The summed E-state index contributed by atoms with van der Waals surface area (Å²) in [4.78, 5) is 0. The molecule has 0 aliphatic rings. The molecule has 1 unspecified atom stereocenters. The lowest BCUT2D eigenvalue weighted by atomic mass is 9.92. The average Bonchev–Trinajstić information content (AvgIpc) is 2.57. The van der Waals surface area contributed by atoms with Gasteiger partial charge in [0.1, 0.15) is 12.4 Å². The van der Waals surface area contributed by atoms with Gasteiger partial charge in [0.2, 0.25) is 5.60 Å². The zero-order chi connectivity index (χ0) is 18.9. The van der Waals surface area contributed by atoms with Crippen molar-refractivity contribution < 1.29 is 23.0 Å². The van der Waals surface area contributed by atoms with Crippen LogP contribution in [0, 0.1) is 0 Å². The zero-order valence-corrected chi connectivity index (χ0v) is 14.7. The maximum absolute atomic E-state index is 13.7. The Labute approximate surface area is 157 Å². The van der Waals surface area contributed by atoms with Gasteiger partial charge in [0.05, 0.1) is 0 Å². The molecule has 2 nitrogen and oxygen atoms in total. The number of alkyl halides is 3. The van der Waals surface area contributed by atoms with Gasteiger partial charge >= 0.3 is 6.18 Å². The van der Waals surface area contributed by atoms with Gasteiger partial charge in [-0.25, -0.2) is 0 Å². The largest absolute Gasteiger partial charge is 0.490 e. The van der Waals surface area contributed by atoms with E-state index in [2.05, 4.69) is 0 Å². The van der Waals surface area contributed by atoms with Crippen molar-refractivity contribution in [1.82, 2.24) is 0 Å². The Kier molecular flexibility index (Phi) is 5.06. The van der Waals surface area contributed by atoms with Crippen LogP contribution in [0.15, 0.2) is 60.7 Å². The molecular weight excluding hydrogens is 388 g/mol. The topological polar surface area (TPSA) is 29.5 Å². The summed E-state index contributed by atoms with van der Waals surface area (Å²) in [5.41, 5.74) is -3.50. The lowest BCUT2D eigenvalue weighted by Gasteiger charge is -2.31. The van der Waals surface area contributed by atoms with E-state index >= 15 is 0 Å². The predicted molar refractivity (Wildman–Crippen MR) is 95.9 cm³/mol. The number of ether oxygens (including phenoxy) is 1. The summed E-state index contributed by atoms with van der Waals surface area (Å²) in [5.74, 6) is 0.0333. The molecule has 0 amide bonds. The number of halogens is 5. The maximum Gasteiger partial charge on any atom is 0.424 e. The van der Waals surface area contributed by atoms with E-state index in [9.17, 15) is 18.3 Å². The Hall–Kier alpha value is -1.95. The fraction of sp³-hybridized carbons (Fsp3) is 0.158. The van der Waals surface area contributed by atoms with Crippen LogP contribution in [0.4, 0.5) is 13.2 Å². The van der Waals surface area contributed by atoms with Gasteiger partial charge in [-0.15, -0.1) is 0 Å². The summed E-state index contributed by atoms with van der Waals surface area (Å²) < 4.78 is 46.2. The van der Waals surface area contributed by atoms with Crippen molar-refractivity contribution in [2.75, 3.05) is 6.61 Å². The van der Waals surface area contributed by atoms with Crippen molar-refractivity contribution in [2.45, 2.75) is 11.8 Å². The van der Waals surface area contributed by atoms with Crippen LogP contribution in [0.1, 0.15) is 5.56 Å². The summed E-state index contributed by atoms with van der Waals surface area (Å²) in [5, 5.41) is 12.2. The Balaban J connectivity index is 1.97. The van der Waals surface area contributed by atoms with E-state index in [0.29, 0.717) is 5.39 Å². The molecule has 0 saturated heterocycles. The molecule has 3 rings (SSSR count). The molecule has 0 aliphatic heterocycles. The van der Waals surface area contributed by atoms with Gasteiger partial charge in [-0.2, -0.15) is 13.2 Å². The number of rotatable bonds is 4. The predicted octanol–water partition coefficient (Wildman–Crippen LogP) is 5.98. The highest BCUT2D eigenvalue weighted by Crippen LogP contribution is 2.40. The standard InChI is InChI=1S/C19H13Cl2F3O2/c20-15-8-16(21)10-17(9-15)26-11-18(25,19(22,23)24)14-6-5-12-3-1-2-4-13(12)7-14/h1-10,25H,11H2. The Morgan fingerprint density at radius 1 is 0.846 bits per heavy atom. The third-order valence-corrected chi connectivity index (χ3v) is 4.42. The Bertz CT molecular complexity index is 923. The normalized spacial score (nSPS) is 14.2. The van der Waals surface area contributed by atoms with Crippen molar-refractivity contribution >= 4 is 34.0 Å². The first-order chi connectivity index (χ1) is 12.2. The SMILES string of the molecule is OC(COc1cc(Cl)cc(Cl)c1)(c1ccc2ccccc2c1)C(F)(F)F. The summed E-state index contributed by atoms with van der Waals surface area (Å²) in [6.07, 6.45) is -4.95. The number of hydrogen-bond acceptors (Lipinski definition) is 2. The van der Waals surface area contributed by atoms with Gasteiger partial charge in [-0.05, 0) is 40.6 Å². The van der Waals surface area contributed by atoms with Crippen molar-refractivity contribution in [1.29, 1.82) is 0 Å². The van der Waals surface area contributed by atoms with Gasteiger partial charge in [0, 0.05) is 10.0 Å². The van der Waals surface area contributed by atoms with Crippen LogP contribution >= 0.6 is 23.2 Å². The van der Waals surface area contributed by atoms with E-state index in [1.54, 1.807) is 24.3 Å². The van der Waals surface area contributed by atoms with Crippen LogP contribution in [0.2, 0.25) is 10.0 Å². The minimum atomic E-state index is -4.95. The quantitative estimate of drug-likeness (QED) is 0.583. The number of hydrogen-bond donors (Lipinski definition) is 1. The highest BCUT2D eigenvalue weighted by atomic mass is 35.5. The first-order valence-corrected chi connectivity index (χ1v) is 8.32. The molecule has 0 bridgehead atoms. The van der Waals surface area contributed by atoms with Gasteiger partial charge in [-0.1, -0.05) is 59.6 Å². The molecular formula is C19H13Cl2F3O2. The lowest BCUT2D eigenvalue weighted by Crippen LogP contribution is -2.47. The Morgan fingerprint density at radius 3 is 2.08 bits per heavy atom. The van der Waals surface area contributed by atoms with E-state index < -0.39 is 18.4 Å². The summed E-state index contributed by atoms with van der Waals surface area (Å²) in [6, 6.07) is 15.1. The molecule has 1 atom stereocenters.